The van der Waals surface area contributed by atoms with Crippen molar-refractivity contribution >= 4 is 0 Å². The van der Waals surface area contributed by atoms with E-state index < -0.39 is 23.9 Å². The lowest BCUT2D eigenvalue weighted by molar-refractivity contribution is -0.191. The van der Waals surface area contributed by atoms with E-state index in [1.165, 1.54) is 0 Å². The third-order valence-corrected chi connectivity index (χ3v) is 1.90. The molecule has 60 valence electrons. The first kappa shape index (κ1) is 7.75. The van der Waals surface area contributed by atoms with Crippen LogP contribution in [0.4, 0.5) is 22.0 Å². The SMILES string of the molecule is CC1(C(F)(F)F)C(F)C1F. The Kier molecular flexibility index (Phi) is 1.26. The van der Waals surface area contributed by atoms with Gasteiger partial charge in [0, 0.05) is 0 Å². The highest BCUT2D eigenvalue weighted by Gasteiger charge is 2.78. The highest BCUT2D eigenvalue weighted by atomic mass is 19.4. The molecule has 1 fully saturated rings. The summed E-state index contributed by atoms with van der Waals surface area (Å²) in [6.07, 6.45) is -9.49. The highest BCUT2D eigenvalue weighted by molar-refractivity contribution is 5.14. The van der Waals surface area contributed by atoms with Crippen LogP contribution >= 0.6 is 0 Å². The van der Waals surface area contributed by atoms with Gasteiger partial charge in [0.15, 0.2) is 0 Å². The zero-order valence-corrected chi connectivity index (χ0v) is 5.04. The molecule has 0 bridgehead atoms. The van der Waals surface area contributed by atoms with Crippen LogP contribution in [0.5, 0.6) is 0 Å². The third kappa shape index (κ3) is 0.659. The quantitative estimate of drug-likeness (QED) is 0.476. The van der Waals surface area contributed by atoms with E-state index in [0.717, 1.165) is 0 Å². The zero-order chi connectivity index (χ0) is 8.15. The van der Waals surface area contributed by atoms with Crippen LogP contribution in [0.2, 0.25) is 0 Å². The van der Waals surface area contributed by atoms with E-state index in [2.05, 4.69) is 0 Å². The van der Waals surface area contributed by atoms with E-state index in [1.54, 1.807) is 0 Å². The van der Waals surface area contributed by atoms with Crippen molar-refractivity contribution in [2.24, 2.45) is 5.41 Å². The number of alkyl halides is 5. The molecule has 5 heteroatoms. The summed E-state index contributed by atoms with van der Waals surface area (Å²) in [5.74, 6) is 0. The maximum absolute atomic E-state index is 12.0. The van der Waals surface area contributed by atoms with Crippen molar-refractivity contribution in [1.29, 1.82) is 0 Å². The second-order valence-electron chi connectivity index (χ2n) is 2.58. The second kappa shape index (κ2) is 1.62. The van der Waals surface area contributed by atoms with Crippen molar-refractivity contribution in [3.63, 3.8) is 0 Å². The molecule has 2 atom stereocenters. The number of halogens is 5. The van der Waals surface area contributed by atoms with Crippen LogP contribution < -0.4 is 0 Å². The van der Waals surface area contributed by atoms with E-state index in [9.17, 15) is 22.0 Å². The Balaban J connectivity index is 2.75. The monoisotopic (exact) mass is 160 g/mol. The summed E-state index contributed by atoms with van der Waals surface area (Å²) in [6.45, 7) is 0.544. The highest BCUT2D eigenvalue weighted by Crippen LogP contribution is 2.60. The molecular formula is C5H5F5. The van der Waals surface area contributed by atoms with Gasteiger partial charge >= 0.3 is 6.18 Å². The Labute approximate surface area is 54.0 Å². The van der Waals surface area contributed by atoms with Crippen LogP contribution in [0, 0.1) is 5.41 Å². The summed E-state index contributed by atoms with van der Waals surface area (Å²) in [7, 11) is 0. The third-order valence-electron chi connectivity index (χ3n) is 1.90. The average Bonchev–Trinajstić information content (AvgIpc) is 2.19. The van der Waals surface area contributed by atoms with Crippen molar-refractivity contribution in [2.75, 3.05) is 0 Å². The van der Waals surface area contributed by atoms with Crippen molar-refractivity contribution in [3.8, 4) is 0 Å². The Bertz CT molecular complexity index is 141. The molecule has 0 nitrogen and oxygen atoms in total. The summed E-state index contributed by atoms with van der Waals surface area (Å²) >= 11 is 0. The van der Waals surface area contributed by atoms with Crippen LogP contribution in [0.25, 0.3) is 0 Å². The summed E-state index contributed by atoms with van der Waals surface area (Å²) in [6, 6.07) is 0. The first-order chi connectivity index (χ1) is 4.32. The molecule has 0 aromatic rings. The minimum absolute atomic E-state index is 0.544. The van der Waals surface area contributed by atoms with Crippen molar-refractivity contribution in [3.05, 3.63) is 0 Å². The molecule has 0 radical (unpaired) electrons. The van der Waals surface area contributed by atoms with Crippen molar-refractivity contribution in [1.82, 2.24) is 0 Å². The van der Waals surface area contributed by atoms with E-state index in [0.29, 0.717) is 6.92 Å². The van der Waals surface area contributed by atoms with Gasteiger partial charge in [0.2, 0.25) is 0 Å². The average molecular weight is 160 g/mol. The molecular weight excluding hydrogens is 155 g/mol. The predicted molar refractivity (Wildman–Crippen MR) is 24.0 cm³/mol. The largest absolute Gasteiger partial charge is 0.400 e. The molecule has 1 saturated carbocycles. The van der Waals surface area contributed by atoms with Crippen LogP contribution in [0.15, 0.2) is 0 Å². The normalized spacial score (nSPS) is 47.4. The molecule has 2 unspecified atom stereocenters. The van der Waals surface area contributed by atoms with E-state index >= 15 is 0 Å². The fourth-order valence-corrected chi connectivity index (χ4v) is 0.723. The number of rotatable bonds is 0. The Hall–Kier alpha value is -0.350. The Morgan fingerprint density at radius 2 is 1.40 bits per heavy atom. The minimum Gasteiger partial charge on any atom is -0.243 e. The summed E-state index contributed by atoms with van der Waals surface area (Å²) in [4.78, 5) is 0. The van der Waals surface area contributed by atoms with Gasteiger partial charge in [0.05, 0.1) is 0 Å². The van der Waals surface area contributed by atoms with E-state index in [-0.39, 0.29) is 0 Å². The predicted octanol–water partition coefficient (Wildman–Crippen LogP) is 2.24. The maximum Gasteiger partial charge on any atom is 0.400 e. The lowest BCUT2D eigenvalue weighted by atomic mass is 10.1. The molecule has 0 amide bonds. The van der Waals surface area contributed by atoms with Gasteiger partial charge in [-0.25, -0.2) is 8.78 Å². The standard InChI is InChI=1S/C5H5F5/c1-4(5(8,9)10)2(6)3(4)7/h2-3H,1H3. The van der Waals surface area contributed by atoms with Crippen LogP contribution in [-0.4, -0.2) is 18.5 Å². The first-order valence-electron chi connectivity index (χ1n) is 2.66. The molecule has 1 aliphatic carbocycles. The maximum atomic E-state index is 12.0. The molecule has 1 aliphatic rings. The van der Waals surface area contributed by atoms with Crippen LogP contribution in [-0.2, 0) is 0 Å². The van der Waals surface area contributed by atoms with Gasteiger partial charge in [0.25, 0.3) is 0 Å². The van der Waals surface area contributed by atoms with Crippen LogP contribution in [0.3, 0.4) is 0 Å². The lowest BCUT2D eigenvalue weighted by Crippen LogP contribution is -2.25. The fourth-order valence-electron chi connectivity index (χ4n) is 0.723. The number of hydrogen-bond acceptors (Lipinski definition) is 0. The molecule has 0 aromatic heterocycles. The van der Waals surface area contributed by atoms with Gasteiger partial charge in [-0.1, -0.05) is 0 Å². The summed E-state index contributed by atoms with van der Waals surface area (Å²) in [5, 5.41) is 0. The number of hydrogen-bond donors (Lipinski definition) is 0. The minimum atomic E-state index is -4.76. The Morgan fingerprint density at radius 1 is 1.10 bits per heavy atom. The topological polar surface area (TPSA) is 0 Å². The lowest BCUT2D eigenvalue weighted by Gasteiger charge is -2.11. The molecule has 0 aliphatic heterocycles. The summed E-state index contributed by atoms with van der Waals surface area (Å²) < 4.78 is 58.8. The van der Waals surface area contributed by atoms with Gasteiger partial charge in [-0.15, -0.1) is 0 Å². The molecule has 0 heterocycles. The Morgan fingerprint density at radius 3 is 1.40 bits per heavy atom. The van der Waals surface area contributed by atoms with Crippen molar-refractivity contribution in [2.45, 2.75) is 25.4 Å². The van der Waals surface area contributed by atoms with E-state index in [4.69, 9.17) is 0 Å². The fraction of sp³-hybridized carbons (Fsp3) is 1.00. The second-order valence-corrected chi connectivity index (χ2v) is 2.58. The zero-order valence-electron chi connectivity index (χ0n) is 5.04. The molecule has 10 heavy (non-hydrogen) atoms. The van der Waals surface area contributed by atoms with Gasteiger partial charge in [-0.2, -0.15) is 13.2 Å². The smallest absolute Gasteiger partial charge is 0.243 e. The molecule has 0 N–H and O–H groups in total. The molecule has 0 saturated heterocycles. The van der Waals surface area contributed by atoms with E-state index in [1.807, 2.05) is 0 Å². The molecule has 0 spiro atoms. The van der Waals surface area contributed by atoms with Gasteiger partial charge < -0.3 is 0 Å². The van der Waals surface area contributed by atoms with Crippen molar-refractivity contribution < 1.29 is 22.0 Å². The first-order valence-corrected chi connectivity index (χ1v) is 2.66. The summed E-state index contributed by atoms with van der Waals surface area (Å²) in [5.41, 5.74) is -2.73. The molecule has 1 rings (SSSR count). The van der Waals surface area contributed by atoms with Gasteiger partial charge in [-0.3, -0.25) is 0 Å². The van der Waals surface area contributed by atoms with Crippen LogP contribution in [0.1, 0.15) is 6.92 Å². The van der Waals surface area contributed by atoms with Gasteiger partial charge in [-0.05, 0) is 6.92 Å². The molecule has 0 aromatic carbocycles. The van der Waals surface area contributed by atoms with Gasteiger partial charge in [0.1, 0.15) is 17.8 Å².